The Bertz CT molecular complexity index is 618. The van der Waals surface area contributed by atoms with Gasteiger partial charge in [0.2, 0.25) is 5.91 Å². The number of rotatable bonds is 8. The predicted octanol–water partition coefficient (Wildman–Crippen LogP) is 2.29. The monoisotopic (exact) mass is 351 g/mol. The van der Waals surface area contributed by atoms with Gasteiger partial charge in [-0.15, -0.1) is 0 Å². The Morgan fingerprint density at radius 2 is 2.04 bits per heavy atom. The Hall–Kier alpha value is -2.28. The summed E-state index contributed by atoms with van der Waals surface area (Å²) in [6.07, 6.45) is 0.0245. The number of carboxylic acid groups (broad SMARTS) is 1. The van der Waals surface area contributed by atoms with Crippen LogP contribution in [0.1, 0.15) is 44.7 Å². The van der Waals surface area contributed by atoms with E-state index in [2.05, 4.69) is 5.32 Å². The van der Waals surface area contributed by atoms with Gasteiger partial charge in [0.15, 0.2) is 17.6 Å². The van der Waals surface area contributed by atoms with Gasteiger partial charge in [0.1, 0.15) is 6.10 Å². The fourth-order valence-electron chi connectivity index (χ4n) is 2.69. The number of ether oxygens (including phenoxy) is 3. The molecule has 0 saturated carbocycles. The van der Waals surface area contributed by atoms with Gasteiger partial charge in [-0.1, -0.05) is 13.0 Å². The molecule has 138 valence electrons. The Labute approximate surface area is 147 Å². The van der Waals surface area contributed by atoms with Crippen molar-refractivity contribution in [2.45, 2.75) is 51.4 Å². The Morgan fingerprint density at radius 1 is 1.32 bits per heavy atom. The number of nitrogens with one attached hydrogen (secondary N) is 1. The zero-order valence-electron chi connectivity index (χ0n) is 14.8. The summed E-state index contributed by atoms with van der Waals surface area (Å²) in [5, 5.41) is 11.8. The van der Waals surface area contributed by atoms with Crippen LogP contribution in [0.25, 0.3) is 0 Å². The van der Waals surface area contributed by atoms with Crippen LogP contribution in [0.15, 0.2) is 18.2 Å². The zero-order chi connectivity index (χ0) is 18.4. The minimum absolute atomic E-state index is 0.269. The summed E-state index contributed by atoms with van der Waals surface area (Å²) in [4.78, 5) is 23.2. The van der Waals surface area contributed by atoms with Crippen molar-refractivity contribution < 1.29 is 28.9 Å². The number of carbonyl (C=O) groups is 2. The minimum Gasteiger partial charge on any atom is -0.493 e. The van der Waals surface area contributed by atoms with E-state index >= 15 is 0 Å². The number of benzene rings is 1. The molecule has 1 saturated heterocycles. The highest BCUT2D eigenvalue weighted by atomic mass is 16.5. The van der Waals surface area contributed by atoms with Crippen molar-refractivity contribution >= 4 is 11.9 Å². The number of amides is 1. The molecule has 1 aliphatic heterocycles. The molecule has 0 bridgehead atoms. The molecule has 0 aromatic heterocycles. The molecule has 1 heterocycles. The SMILES string of the molecule is CCCOc1ccc(C(C)NC(=O)[C@@H]2CC[C@H](C(=O)O)O2)cc1OC. The van der Waals surface area contributed by atoms with E-state index in [4.69, 9.17) is 19.3 Å². The maximum atomic E-state index is 12.3. The minimum atomic E-state index is -1.03. The lowest BCUT2D eigenvalue weighted by molar-refractivity contribution is -0.151. The molecule has 25 heavy (non-hydrogen) atoms. The number of aliphatic carboxylic acids is 1. The second kappa shape index (κ2) is 8.71. The molecule has 7 nitrogen and oxygen atoms in total. The van der Waals surface area contributed by atoms with Gasteiger partial charge in [-0.2, -0.15) is 0 Å². The summed E-state index contributed by atoms with van der Waals surface area (Å²) in [6, 6.07) is 5.24. The molecule has 3 atom stereocenters. The maximum Gasteiger partial charge on any atom is 0.332 e. The fraction of sp³-hybridized carbons (Fsp3) is 0.556. The quantitative estimate of drug-likeness (QED) is 0.746. The number of carbonyl (C=O) groups excluding carboxylic acids is 1. The standard InChI is InChI=1S/C18H25NO6/c1-4-9-24-13-6-5-12(10-16(13)23-3)11(2)19-17(20)14-7-8-15(25-14)18(21)22/h5-6,10-11,14-15H,4,7-9H2,1-3H3,(H,19,20)(H,21,22)/t11?,14-,15+/m0/s1. The Morgan fingerprint density at radius 3 is 2.64 bits per heavy atom. The first-order valence-corrected chi connectivity index (χ1v) is 8.45. The van der Waals surface area contributed by atoms with Crippen LogP contribution < -0.4 is 14.8 Å². The summed E-state index contributed by atoms with van der Waals surface area (Å²) >= 11 is 0. The van der Waals surface area contributed by atoms with E-state index < -0.39 is 18.2 Å². The molecular formula is C18H25NO6. The lowest BCUT2D eigenvalue weighted by Gasteiger charge is -2.19. The van der Waals surface area contributed by atoms with Crippen LogP contribution in [-0.4, -0.2) is 42.9 Å². The van der Waals surface area contributed by atoms with E-state index in [1.165, 1.54) is 0 Å². The van der Waals surface area contributed by atoms with E-state index in [-0.39, 0.29) is 11.9 Å². The first kappa shape index (κ1) is 19.1. The first-order chi connectivity index (χ1) is 12.0. The molecule has 1 unspecified atom stereocenters. The van der Waals surface area contributed by atoms with Crippen molar-refractivity contribution in [2.75, 3.05) is 13.7 Å². The second-order valence-corrected chi connectivity index (χ2v) is 6.02. The van der Waals surface area contributed by atoms with Crippen LogP contribution >= 0.6 is 0 Å². The second-order valence-electron chi connectivity index (χ2n) is 6.02. The third-order valence-corrected chi connectivity index (χ3v) is 4.10. The summed E-state index contributed by atoms with van der Waals surface area (Å²) < 4.78 is 16.2. The Kier molecular flexibility index (Phi) is 6.64. The highest BCUT2D eigenvalue weighted by Crippen LogP contribution is 2.30. The van der Waals surface area contributed by atoms with Crippen LogP contribution in [-0.2, 0) is 14.3 Å². The lowest BCUT2D eigenvalue weighted by Crippen LogP contribution is -2.37. The molecule has 2 N–H and O–H groups in total. The summed E-state index contributed by atoms with van der Waals surface area (Å²) in [5.41, 5.74) is 0.863. The van der Waals surface area contributed by atoms with Gasteiger partial charge >= 0.3 is 5.97 Å². The Balaban J connectivity index is 1.99. The van der Waals surface area contributed by atoms with E-state index in [1.54, 1.807) is 7.11 Å². The molecule has 1 aliphatic rings. The molecule has 1 aromatic carbocycles. The largest absolute Gasteiger partial charge is 0.493 e. The van der Waals surface area contributed by atoms with E-state index in [1.807, 2.05) is 32.0 Å². The number of hydrogen-bond donors (Lipinski definition) is 2. The van der Waals surface area contributed by atoms with Crippen LogP contribution in [0.4, 0.5) is 0 Å². The fourth-order valence-corrected chi connectivity index (χ4v) is 2.69. The maximum absolute atomic E-state index is 12.3. The lowest BCUT2D eigenvalue weighted by atomic mass is 10.1. The molecule has 0 radical (unpaired) electrons. The highest BCUT2D eigenvalue weighted by Gasteiger charge is 2.35. The van der Waals surface area contributed by atoms with E-state index in [9.17, 15) is 9.59 Å². The molecule has 7 heteroatoms. The van der Waals surface area contributed by atoms with Gasteiger partial charge in [0.25, 0.3) is 0 Å². The zero-order valence-corrected chi connectivity index (χ0v) is 14.8. The van der Waals surface area contributed by atoms with Gasteiger partial charge in [0.05, 0.1) is 19.8 Å². The smallest absolute Gasteiger partial charge is 0.332 e. The molecular weight excluding hydrogens is 326 g/mol. The number of hydrogen-bond acceptors (Lipinski definition) is 5. The topological polar surface area (TPSA) is 94.1 Å². The molecule has 2 rings (SSSR count). The van der Waals surface area contributed by atoms with Crippen LogP contribution in [0.5, 0.6) is 11.5 Å². The van der Waals surface area contributed by atoms with E-state index in [0.29, 0.717) is 30.9 Å². The molecule has 0 aliphatic carbocycles. The summed E-state index contributed by atoms with van der Waals surface area (Å²) in [6.45, 7) is 4.48. The third-order valence-electron chi connectivity index (χ3n) is 4.10. The van der Waals surface area contributed by atoms with Crippen molar-refractivity contribution in [3.8, 4) is 11.5 Å². The predicted molar refractivity (Wildman–Crippen MR) is 90.9 cm³/mol. The molecule has 1 aromatic rings. The van der Waals surface area contributed by atoms with Crippen LogP contribution in [0.2, 0.25) is 0 Å². The van der Waals surface area contributed by atoms with Crippen molar-refractivity contribution in [1.82, 2.24) is 5.32 Å². The van der Waals surface area contributed by atoms with Gasteiger partial charge in [-0.25, -0.2) is 4.79 Å². The van der Waals surface area contributed by atoms with Crippen molar-refractivity contribution in [2.24, 2.45) is 0 Å². The van der Waals surface area contributed by atoms with Crippen molar-refractivity contribution in [3.63, 3.8) is 0 Å². The third kappa shape index (κ3) is 4.85. The van der Waals surface area contributed by atoms with E-state index in [0.717, 1.165) is 12.0 Å². The van der Waals surface area contributed by atoms with Crippen molar-refractivity contribution in [1.29, 1.82) is 0 Å². The van der Waals surface area contributed by atoms with Gasteiger partial charge in [0, 0.05) is 0 Å². The van der Waals surface area contributed by atoms with Gasteiger partial charge in [-0.3, -0.25) is 4.79 Å². The summed E-state index contributed by atoms with van der Waals surface area (Å²) in [7, 11) is 1.57. The van der Waals surface area contributed by atoms with Gasteiger partial charge < -0.3 is 24.6 Å². The van der Waals surface area contributed by atoms with Crippen LogP contribution in [0.3, 0.4) is 0 Å². The molecule has 0 spiro atoms. The molecule has 1 amide bonds. The highest BCUT2D eigenvalue weighted by molar-refractivity contribution is 5.83. The molecule has 1 fully saturated rings. The van der Waals surface area contributed by atoms with Crippen molar-refractivity contribution in [3.05, 3.63) is 23.8 Å². The van der Waals surface area contributed by atoms with Crippen LogP contribution in [0, 0.1) is 0 Å². The number of methoxy groups -OCH3 is 1. The average molecular weight is 351 g/mol. The normalized spacial score (nSPS) is 20.8. The number of carboxylic acids is 1. The summed E-state index contributed by atoms with van der Waals surface area (Å²) in [5.74, 6) is -0.0672. The first-order valence-electron chi connectivity index (χ1n) is 8.45. The average Bonchev–Trinajstić information content (AvgIpc) is 3.10. The van der Waals surface area contributed by atoms with Gasteiger partial charge in [-0.05, 0) is 43.9 Å².